The van der Waals surface area contributed by atoms with Crippen LogP contribution in [-0.2, 0) is 13.1 Å². The Hall–Kier alpha value is -3.48. The Kier molecular flexibility index (Phi) is 5.02. The van der Waals surface area contributed by atoms with Gasteiger partial charge in [0.15, 0.2) is 5.65 Å². The Balaban J connectivity index is 1.50. The number of amides is 1. The van der Waals surface area contributed by atoms with E-state index in [-0.39, 0.29) is 11.9 Å². The normalized spacial score (nSPS) is 14.6. The van der Waals surface area contributed by atoms with E-state index in [9.17, 15) is 4.79 Å². The molecular weight excluding hydrogens is 388 g/mol. The van der Waals surface area contributed by atoms with Gasteiger partial charge in [-0.25, -0.2) is 9.67 Å². The largest absolute Gasteiger partial charge is 0.348 e. The molecule has 0 unspecified atom stereocenters. The topological polar surface area (TPSA) is 77.6 Å². The zero-order valence-corrected chi connectivity index (χ0v) is 17.8. The molecule has 1 aliphatic rings. The summed E-state index contributed by atoms with van der Waals surface area (Å²) >= 11 is 0. The summed E-state index contributed by atoms with van der Waals surface area (Å²) in [7, 11) is 0. The zero-order chi connectivity index (χ0) is 21.4. The fourth-order valence-electron chi connectivity index (χ4n) is 4.04. The summed E-state index contributed by atoms with van der Waals surface area (Å²) in [6, 6.07) is 14.0. The van der Waals surface area contributed by atoms with Gasteiger partial charge in [0.05, 0.1) is 29.7 Å². The standard InChI is InChI=1S/C24H26N6O/c1-16(14-29-12-6-11-25-29)26-24(31)20-13-21(19-9-10-19)27-23-22(20)17(2)28-30(23)15-18-7-4-3-5-8-18/h3-8,11-13,16,19H,9-10,14-15H2,1-2H3,(H,26,31)/t16-/m0/s1. The van der Waals surface area contributed by atoms with Crippen molar-refractivity contribution in [2.45, 2.75) is 51.7 Å². The number of hydrogen-bond donors (Lipinski definition) is 1. The third-order valence-electron chi connectivity index (χ3n) is 5.71. The molecular formula is C24H26N6O. The van der Waals surface area contributed by atoms with Gasteiger partial charge < -0.3 is 5.32 Å². The number of hydrogen-bond acceptors (Lipinski definition) is 4. The van der Waals surface area contributed by atoms with Gasteiger partial charge in [-0.3, -0.25) is 9.48 Å². The number of pyridine rings is 1. The number of aryl methyl sites for hydroxylation is 1. The number of carbonyl (C=O) groups is 1. The van der Waals surface area contributed by atoms with Crippen LogP contribution in [0.5, 0.6) is 0 Å². The van der Waals surface area contributed by atoms with Crippen molar-refractivity contribution < 1.29 is 4.79 Å². The molecule has 0 radical (unpaired) electrons. The number of carbonyl (C=O) groups excluding carboxylic acids is 1. The van der Waals surface area contributed by atoms with Crippen molar-refractivity contribution in [3.05, 3.63) is 77.4 Å². The van der Waals surface area contributed by atoms with Gasteiger partial charge in [-0.2, -0.15) is 10.2 Å². The van der Waals surface area contributed by atoms with E-state index >= 15 is 0 Å². The SMILES string of the molecule is Cc1nn(Cc2ccccc2)c2nc(C3CC3)cc(C(=O)N[C@@H](C)Cn3cccn3)c12. The monoisotopic (exact) mass is 414 g/mol. The van der Waals surface area contributed by atoms with Crippen molar-refractivity contribution in [1.82, 2.24) is 29.9 Å². The first kappa shape index (κ1) is 19.5. The fraction of sp³-hybridized carbons (Fsp3) is 0.333. The van der Waals surface area contributed by atoms with Gasteiger partial charge in [-0.15, -0.1) is 0 Å². The van der Waals surface area contributed by atoms with Crippen molar-refractivity contribution in [1.29, 1.82) is 0 Å². The maximum absolute atomic E-state index is 13.3. The van der Waals surface area contributed by atoms with E-state index in [1.807, 2.05) is 59.7 Å². The maximum atomic E-state index is 13.3. The lowest BCUT2D eigenvalue weighted by Gasteiger charge is -2.15. The van der Waals surface area contributed by atoms with Crippen LogP contribution in [0.2, 0.25) is 0 Å². The molecule has 0 bridgehead atoms. The highest BCUT2D eigenvalue weighted by Crippen LogP contribution is 2.40. The molecule has 7 heteroatoms. The Bertz CT molecular complexity index is 1210. The minimum atomic E-state index is -0.0867. The average Bonchev–Trinajstić information content (AvgIpc) is 3.41. The molecule has 5 rings (SSSR count). The molecule has 0 aliphatic heterocycles. The lowest BCUT2D eigenvalue weighted by Crippen LogP contribution is -2.36. The second-order valence-electron chi connectivity index (χ2n) is 8.40. The van der Waals surface area contributed by atoms with E-state index in [0.29, 0.717) is 24.6 Å². The van der Waals surface area contributed by atoms with Crippen LogP contribution >= 0.6 is 0 Å². The molecule has 4 aromatic rings. The van der Waals surface area contributed by atoms with Crippen LogP contribution in [0.1, 0.15) is 53.0 Å². The number of rotatable bonds is 7. The second kappa shape index (κ2) is 7.98. The van der Waals surface area contributed by atoms with Gasteiger partial charge in [0.2, 0.25) is 0 Å². The summed E-state index contributed by atoms with van der Waals surface area (Å²) < 4.78 is 3.75. The number of nitrogens with one attached hydrogen (secondary N) is 1. The van der Waals surface area contributed by atoms with Gasteiger partial charge in [-0.05, 0) is 44.4 Å². The first-order valence-electron chi connectivity index (χ1n) is 10.8. The summed E-state index contributed by atoms with van der Waals surface area (Å²) in [5.41, 5.74) is 4.42. The van der Waals surface area contributed by atoms with Crippen molar-refractivity contribution in [3.63, 3.8) is 0 Å². The molecule has 1 aliphatic carbocycles. The Labute approximate surface area is 181 Å². The molecule has 7 nitrogen and oxygen atoms in total. The molecule has 158 valence electrons. The van der Waals surface area contributed by atoms with Crippen molar-refractivity contribution >= 4 is 16.9 Å². The van der Waals surface area contributed by atoms with E-state index in [0.717, 1.165) is 40.8 Å². The molecule has 1 fully saturated rings. The minimum absolute atomic E-state index is 0.0559. The second-order valence-corrected chi connectivity index (χ2v) is 8.40. The van der Waals surface area contributed by atoms with Gasteiger partial charge in [0.1, 0.15) is 0 Å². The predicted octanol–water partition coefficient (Wildman–Crippen LogP) is 3.68. The van der Waals surface area contributed by atoms with Crippen LogP contribution in [-0.4, -0.2) is 36.5 Å². The molecule has 31 heavy (non-hydrogen) atoms. The van der Waals surface area contributed by atoms with Crippen LogP contribution in [0.15, 0.2) is 54.9 Å². The molecule has 3 aromatic heterocycles. The van der Waals surface area contributed by atoms with Gasteiger partial charge >= 0.3 is 0 Å². The van der Waals surface area contributed by atoms with Crippen LogP contribution in [0.3, 0.4) is 0 Å². The third kappa shape index (κ3) is 4.08. The zero-order valence-electron chi connectivity index (χ0n) is 17.8. The van der Waals surface area contributed by atoms with Crippen molar-refractivity contribution in [2.24, 2.45) is 0 Å². The number of fused-ring (bicyclic) bond motifs is 1. The summed E-state index contributed by atoms with van der Waals surface area (Å²) in [5.74, 6) is 0.356. The van der Waals surface area contributed by atoms with Crippen LogP contribution in [0.4, 0.5) is 0 Å². The highest BCUT2D eigenvalue weighted by molar-refractivity contribution is 6.06. The molecule has 0 saturated heterocycles. The molecule has 1 atom stereocenters. The van der Waals surface area contributed by atoms with Crippen molar-refractivity contribution in [2.75, 3.05) is 0 Å². The highest BCUT2D eigenvalue weighted by Gasteiger charge is 2.29. The first-order chi connectivity index (χ1) is 15.1. The number of aromatic nitrogens is 5. The van der Waals surface area contributed by atoms with Crippen LogP contribution < -0.4 is 5.32 Å². The average molecular weight is 415 g/mol. The maximum Gasteiger partial charge on any atom is 0.252 e. The fourth-order valence-corrected chi connectivity index (χ4v) is 4.04. The molecule has 3 heterocycles. The van der Waals surface area contributed by atoms with Gasteiger partial charge in [0, 0.05) is 30.0 Å². The third-order valence-corrected chi connectivity index (χ3v) is 5.71. The Morgan fingerprint density at radius 3 is 2.74 bits per heavy atom. The van der Waals surface area contributed by atoms with E-state index in [4.69, 9.17) is 10.1 Å². The van der Waals surface area contributed by atoms with E-state index in [2.05, 4.69) is 22.5 Å². The predicted molar refractivity (Wildman–Crippen MR) is 119 cm³/mol. The quantitative estimate of drug-likeness (QED) is 0.500. The molecule has 1 amide bonds. The van der Waals surface area contributed by atoms with Crippen molar-refractivity contribution in [3.8, 4) is 0 Å². The summed E-state index contributed by atoms with van der Waals surface area (Å²) in [6.07, 6.45) is 5.89. The lowest BCUT2D eigenvalue weighted by molar-refractivity contribution is 0.0937. The van der Waals surface area contributed by atoms with Crippen LogP contribution in [0, 0.1) is 6.92 Å². The molecule has 1 aromatic carbocycles. The van der Waals surface area contributed by atoms with Crippen LogP contribution in [0.25, 0.3) is 11.0 Å². The number of benzene rings is 1. The Morgan fingerprint density at radius 1 is 1.23 bits per heavy atom. The number of nitrogens with zero attached hydrogens (tertiary/aromatic N) is 5. The summed E-state index contributed by atoms with van der Waals surface area (Å²) in [6.45, 7) is 5.19. The molecule has 1 saturated carbocycles. The van der Waals surface area contributed by atoms with E-state index < -0.39 is 0 Å². The van der Waals surface area contributed by atoms with E-state index in [1.54, 1.807) is 6.20 Å². The molecule has 0 spiro atoms. The Morgan fingerprint density at radius 2 is 2.03 bits per heavy atom. The summed E-state index contributed by atoms with van der Waals surface area (Å²) in [5, 5.41) is 13.0. The lowest BCUT2D eigenvalue weighted by atomic mass is 10.1. The van der Waals surface area contributed by atoms with Gasteiger partial charge in [-0.1, -0.05) is 30.3 Å². The van der Waals surface area contributed by atoms with Gasteiger partial charge in [0.25, 0.3) is 5.91 Å². The minimum Gasteiger partial charge on any atom is -0.348 e. The van der Waals surface area contributed by atoms with E-state index in [1.165, 1.54) is 0 Å². The summed E-state index contributed by atoms with van der Waals surface area (Å²) in [4.78, 5) is 18.3. The smallest absolute Gasteiger partial charge is 0.252 e. The highest BCUT2D eigenvalue weighted by atomic mass is 16.1. The first-order valence-corrected chi connectivity index (χ1v) is 10.8. The molecule has 1 N–H and O–H groups in total.